The molecule has 2 N–H and O–H groups in total. The molecule has 0 saturated heterocycles. The molecule has 1 atom stereocenters. The summed E-state index contributed by atoms with van der Waals surface area (Å²) < 4.78 is 10.4. The third kappa shape index (κ3) is 4.55. The first-order valence-corrected chi connectivity index (χ1v) is 6.43. The van der Waals surface area contributed by atoms with Crippen LogP contribution in [0.15, 0.2) is 24.3 Å². The van der Waals surface area contributed by atoms with Gasteiger partial charge in [0.25, 0.3) is 5.91 Å². The van der Waals surface area contributed by atoms with E-state index in [1.165, 1.54) is 0 Å². The molecule has 1 aromatic carbocycles. The van der Waals surface area contributed by atoms with E-state index in [1.807, 2.05) is 6.92 Å². The standard InChI is InChI=1S/C14H19NO5/c1-3-19-9-11(14(17)18)15-13(16)10-7-5-6-8-12(10)20-4-2/h5-8,11H,3-4,9H2,1-2H3,(H,15,16)(H,17,18). The Morgan fingerprint density at radius 2 is 1.95 bits per heavy atom. The molecule has 0 aliphatic carbocycles. The summed E-state index contributed by atoms with van der Waals surface area (Å²) in [5.41, 5.74) is 0.303. The summed E-state index contributed by atoms with van der Waals surface area (Å²) in [5, 5.41) is 11.5. The third-order valence-corrected chi connectivity index (χ3v) is 2.52. The van der Waals surface area contributed by atoms with Crippen LogP contribution in [0.25, 0.3) is 0 Å². The Hall–Kier alpha value is -2.08. The first kappa shape index (κ1) is 16.0. The molecule has 0 heterocycles. The van der Waals surface area contributed by atoms with Crippen LogP contribution >= 0.6 is 0 Å². The number of carbonyl (C=O) groups is 2. The van der Waals surface area contributed by atoms with Crippen LogP contribution in [0.2, 0.25) is 0 Å². The Morgan fingerprint density at radius 3 is 2.55 bits per heavy atom. The zero-order valence-electron chi connectivity index (χ0n) is 11.6. The molecule has 1 aromatic rings. The molecule has 6 nitrogen and oxygen atoms in total. The number of carbonyl (C=O) groups excluding carboxylic acids is 1. The van der Waals surface area contributed by atoms with Gasteiger partial charge in [-0.3, -0.25) is 4.79 Å². The minimum Gasteiger partial charge on any atom is -0.493 e. The van der Waals surface area contributed by atoms with Crippen LogP contribution in [-0.4, -0.2) is 42.8 Å². The molecule has 0 fully saturated rings. The summed E-state index contributed by atoms with van der Waals surface area (Å²) in [7, 11) is 0. The van der Waals surface area contributed by atoms with Crippen molar-refractivity contribution in [2.45, 2.75) is 19.9 Å². The van der Waals surface area contributed by atoms with Gasteiger partial charge >= 0.3 is 5.97 Å². The average Bonchev–Trinajstić information content (AvgIpc) is 2.43. The largest absolute Gasteiger partial charge is 0.493 e. The predicted octanol–water partition coefficient (Wildman–Crippen LogP) is 1.30. The Balaban J connectivity index is 2.80. The molecular formula is C14H19NO5. The fraction of sp³-hybridized carbons (Fsp3) is 0.429. The lowest BCUT2D eigenvalue weighted by molar-refractivity contribution is -0.140. The van der Waals surface area contributed by atoms with Crippen LogP contribution in [0, 0.1) is 0 Å². The molecule has 1 amide bonds. The lowest BCUT2D eigenvalue weighted by Crippen LogP contribution is -2.44. The van der Waals surface area contributed by atoms with Crippen LogP contribution in [0.3, 0.4) is 0 Å². The van der Waals surface area contributed by atoms with Crippen molar-refractivity contribution in [3.8, 4) is 5.75 Å². The third-order valence-electron chi connectivity index (χ3n) is 2.52. The summed E-state index contributed by atoms with van der Waals surface area (Å²) in [6.45, 7) is 4.30. The minimum absolute atomic E-state index is 0.0750. The van der Waals surface area contributed by atoms with E-state index >= 15 is 0 Å². The molecule has 110 valence electrons. The number of nitrogens with one attached hydrogen (secondary N) is 1. The highest BCUT2D eigenvalue weighted by Gasteiger charge is 2.22. The van der Waals surface area contributed by atoms with E-state index in [4.69, 9.17) is 14.6 Å². The van der Waals surface area contributed by atoms with E-state index in [2.05, 4.69) is 5.32 Å². The molecule has 0 aliphatic rings. The molecule has 1 rings (SSSR count). The number of amides is 1. The maximum absolute atomic E-state index is 12.1. The fourth-order valence-corrected chi connectivity index (χ4v) is 1.58. The van der Waals surface area contributed by atoms with Gasteiger partial charge in [0.1, 0.15) is 5.75 Å². The molecule has 0 radical (unpaired) electrons. The van der Waals surface area contributed by atoms with Crippen molar-refractivity contribution in [2.75, 3.05) is 19.8 Å². The summed E-state index contributed by atoms with van der Waals surface area (Å²) >= 11 is 0. The molecule has 1 unspecified atom stereocenters. The highest BCUT2D eigenvalue weighted by molar-refractivity contribution is 5.98. The number of ether oxygens (including phenoxy) is 2. The number of para-hydroxylation sites is 1. The topological polar surface area (TPSA) is 84.9 Å². The van der Waals surface area contributed by atoms with Crippen LogP contribution < -0.4 is 10.1 Å². The van der Waals surface area contributed by atoms with Gasteiger partial charge in [0, 0.05) is 6.61 Å². The van der Waals surface area contributed by atoms with Crippen molar-refractivity contribution >= 4 is 11.9 Å². The Morgan fingerprint density at radius 1 is 1.25 bits per heavy atom. The van der Waals surface area contributed by atoms with Gasteiger partial charge in [0.2, 0.25) is 0 Å². The van der Waals surface area contributed by atoms with Crippen molar-refractivity contribution in [3.63, 3.8) is 0 Å². The van der Waals surface area contributed by atoms with Crippen LogP contribution in [0.4, 0.5) is 0 Å². The number of benzene rings is 1. The van der Waals surface area contributed by atoms with Crippen molar-refractivity contribution in [3.05, 3.63) is 29.8 Å². The first-order valence-electron chi connectivity index (χ1n) is 6.43. The Bertz CT molecular complexity index is 461. The predicted molar refractivity (Wildman–Crippen MR) is 73.0 cm³/mol. The molecule has 6 heteroatoms. The molecule has 0 bridgehead atoms. The Labute approximate surface area is 117 Å². The maximum Gasteiger partial charge on any atom is 0.328 e. The maximum atomic E-state index is 12.1. The summed E-state index contributed by atoms with van der Waals surface area (Å²) in [4.78, 5) is 23.2. The number of carboxylic acids is 1. The first-order chi connectivity index (χ1) is 9.60. The zero-order valence-corrected chi connectivity index (χ0v) is 11.6. The quantitative estimate of drug-likeness (QED) is 0.750. The van der Waals surface area contributed by atoms with E-state index in [9.17, 15) is 9.59 Å². The second-order valence-corrected chi connectivity index (χ2v) is 3.95. The number of rotatable bonds is 8. The van der Waals surface area contributed by atoms with Gasteiger partial charge in [0.15, 0.2) is 6.04 Å². The van der Waals surface area contributed by atoms with Gasteiger partial charge in [-0.2, -0.15) is 0 Å². The molecule has 0 saturated carbocycles. The van der Waals surface area contributed by atoms with Crippen LogP contribution in [0.1, 0.15) is 24.2 Å². The van der Waals surface area contributed by atoms with E-state index < -0.39 is 17.9 Å². The van der Waals surface area contributed by atoms with Gasteiger partial charge in [-0.1, -0.05) is 12.1 Å². The lowest BCUT2D eigenvalue weighted by atomic mass is 10.1. The molecule has 0 aliphatic heterocycles. The van der Waals surface area contributed by atoms with Crippen molar-refractivity contribution in [2.24, 2.45) is 0 Å². The number of hydrogen-bond donors (Lipinski definition) is 2. The normalized spacial score (nSPS) is 11.7. The van der Waals surface area contributed by atoms with Crippen molar-refractivity contribution in [1.82, 2.24) is 5.32 Å². The monoisotopic (exact) mass is 281 g/mol. The summed E-state index contributed by atoms with van der Waals surface area (Å²) in [5.74, 6) is -1.21. The lowest BCUT2D eigenvalue weighted by Gasteiger charge is -2.15. The molecule has 20 heavy (non-hydrogen) atoms. The zero-order chi connectivity index (χ0) is 15.0. The fourth-order valence-electron chi connectivity index (χ4n) is 1.58. The van der Waals surface area contributed by atoms with Gasteiger partial charge in [-0.05, 0) is 26.0 Å². The van der Waals surface area contributed by atoms with Gasteiger partial charge in [-0.25, -0.2) is 4.79 Å². The highest BCUT2D eigenvalue weighted by atomic mass is 16.5. The van der Waals surface area contributed by atoms with E-state index in [-0.39, 0.29) is 6.61 Å². The molecule has 0 aromatic heterocycles. The molecular weight excluding hydrogens is 262 g/mol. The van der Waals surface area contributed by atoms with Gasteiger partial charge in [-0.15, -0.1) is 0 Å². The van der Waals surface area contributed by atoms with E-state index in [0.29, 0.717) is 24.5 Å². The molecule has 0 spiro atoms. The smallest absolute Gasteiger partial charge is 0.328 e. The van der Waals surface area contributed by atoms with E-state index in [0.717, 1.165) is 0 Å². The van der Waals surface area contributed by atoms with Gasteiger partial charge < -0.3 is 19.9 Å². The summed E-state index contributed by atoms with van der Waals surface area (Å²) in [6.07, 6.45) is 0. The average molecular weight is 281 g/mol. The van der Waals surface area contributed by atoms with E-state index in [1.54, 1.807) is 31.2 Å². The highest BCUT2D eigenvalue weighted by Crippen LogP contribution is 2.17. The van der Waals surface area contributed by atoms with Crippen molar-refractivity contribution in [1.29, 1.82) is 0 Å². The van der Waals surface area contributed by atoms with Crippen LogP contribution in [-0.2, 0) is 9.53 Å². The van der Waals surface area contributed by atoms with Gasteiger partial charge in [0.05, 0.1) is 18.8 Å². The number of aliphatic carboxylic acids is 1. The summed E-state index contributed by atoms with van der Waals surface area (Å²) in [6, 6.07) is 5.60. The SMILES string of the molecule is CCOCC(NC(=O)c1ccccc1OCC)C(=O)O. The van der Waals surface area contributed by atoms with Crippen LogP contribution in [0.5, 0.6) is 5.75 Å². The number of hydrogen-bond acceptors (Lipinski definition) is 4. The van der Waals surface area contributed by atoms with Crippen molar-refractivity contribution < 1.29 is 24.2 Å². The Kier molecular flexibility index (Phi) is 6.52. The minimum atomic E-state index is -1.14. The number of carboxylic acid groups (broad SMARTS) is 1. The second-order valence-electron chi connectivity index (χ2n) is 3.95. The second kappa shape index (κ2) is 8.16.